The molecule has 0 aliphatic carbocycles. The number of hydrogen-bond donors (Lipinski definition) is 1. The van der Waals surface area contributed by atoms with Crippen molar-refractivity contribution in [3.05, 3.63) is 83.7 Å². The van der Waals surface area contributed by atoms with E-state index in [-0.39, 0.29) is 11.8 Å². The van der Waals surface area contributed by atoms with Gasteiger partial charge in [0, 0.05) is 12.7 Å². The van der Waals surface area contributed by atoms with Crippen LogP contribution < -0.4 is 10.1 Å². The molecule has 2 amide bonds. The summed E-state index contributed by atoms with van der Waals surface area (Å²) in [6.07, 6.45) is 8.13. The Morgan fingerprint density at radius 1 is 1.14 bits per heavy atom. The van der Waals surface area contributed by atoms with Gasteiger partial charge in [-0.1, -0.05) is 38.1 Å². The summed E-state index contributed by atoms with van der Waals surface area (Å²) in [6.45, 7) is 6.92. The molecule has 5 rings (SSSR count). The van der Waals surface area contributed by atoms with Crippen LogP contribution in [0.4, 0.5) is 9.18 Å². The van der Waals surface area contributed by atoms with Crippen molar-refractivity contribution in [3.8, 4) is 11.4 Å². The predicted molar refractivity (Wildman–Crippen MR) is 135 cm³/mol. The van der Waals surface area contributed by atoms with Crippen molar-refractivity contribution in [1.29, 1.82) is 0 Å². The van der Waals surface area contributed by atoms with Gasteiger partial charge in [0.2, 0.25) is 0 Å². The number of carbonyl (C=O) groups excluding carboxylic acids is 1. The Morgan fingerprint density at radius 2 is 1.91 bits per heavy atom. The molecule has 1 atom stereocenters. The molecule has 1 N–H and O–H groups in total. The molecule has 0 spiro atoms. The second kappa shape index (κ2) is 10.1. The van der Waals surface area contributed by atoms with Gasteiger partial charge in [0.25, 0.3) is 0 Å². The molecule has 1 unspecified atom stereocenters. The highest BCUT2D eigenvalue weighted by Gasteiger charge is 2.49. The molecule has 8 heteroatoms. The number of aliphatic imine (C=N–C) groups is 1. The number of rotatable bonds is 5. The number of halogens is 1. The van der Waals surface area contributed by atoms with Gasteiger partial charge in [0.05, 0.1) is 36.9 Å². The third-order valence-electron chi connectivity index (χ3n) is 6.18. The van der Waals surface area contributed by atoms with Crippen LogP contribution in [0.25, 0.3) is 11.8 Å². The minimum atomic E-state index is -0.601. The van der Waals surface area contributed by atoms with Crippen LogP contribution in [0.15, 0.2) is 66.1 Å². The van der Waals surface area contributed by atoms with Crippen molar-refractivity contribution < 1.29 is 13.9 Å². The van der Waals surface area contributed by atoms with E-state index >= 15 is 0 Å². The number of imidazole rings is 1. The largest absolute Gasteiger partial charge is 0.495 e. The van der Waals surface area contributed by atoms with Crippen molar-refractivity contribution in [3.63, 3.8) is 0 Å². The van der Waals surface area contributed by atoms with E-state index in [9.17, 15) is 9.18 Å². The highest BCUT2D eigenvalue weighted by Crippen LogP contribution is 2.39. The van der Waals surface area contributed by atoms with Gasteiger partial charge >= 0.3 is 6.03 Å². The molecule has 182 valence electrons. The second-order valence-corrected chi connectivity index (χ2v) is 8.22. The van der Waals surface area contributed by atoms with E-state index in [1.165, 1.54) is 12.1 Å². The van der Waals surface area contributed by atoms with E-state index < -0.39 is 5.54 Å². The lowest BCUT2D eigenvalue weighted by Crippen LogP contribution is -2.59. The van der Waals surface area contributed by atoms with Crippen LogP contribution in [0.1, 0.15) is 37.1 Å². The zero-order valence-corrected chi connectivity index (χ0v) is 20.5. The number of nitrogens with one attached hydrogen (secondary N) is 1. The smallest absolute Gasteiger partial charge is 0.323 e. The first-order valence-corrected chi connectivity index (χ1v) is 11.8. The minimum Gasteiger partial charge on any atom is -0.495 e. The summed E-state index contributed by atoms with van der Waals surface area (Å²) in [4.78, 5) is 23.5. The molecule has 3 aromatic rings. The van der Waals surface area contributed by atoms with E-state index in [4.69, 9.17) is 4.74 Å². The third-order valence-corrected chi connectivity index (χ3v) is 6.18. The quantitative estimate of drug-likeness (QED) is 0.559. The summed E-state index contributed by atoms with van der Waals surface area (Å²) in [6, 6.07) is 12.0. The van der Waals surface area contributed by atoms with E-state index in [0.717, 1.165) is 22.5 Å². The first-order chi connectivity index (χ1) is 17.0. The van der Waals surface area contributed by atoms with Gasteiger partial charge in [-0.05, 0) is 54.8 Å². The Morgan fingerprint density at radius 3 is 2.60 bits per heavy atom. The van der Waals surface area contributed by atoms with Crippen LogP contribution in [-0.4, -0.2) is 46.5 Å². The van der Waals surface area contributed by atoms with Crippen LogP contribution >= 0.6 is 0 Å². The average molecular weight is 476 g/mol. The molecule has 1 aromatic heterocycles. The van der Waals surface area contributed by atoms with E-state index in [2.05, 4.69) is 15.3 Å². The van der Waals surface area contributed by atoms with E-state index in [0.29, 0.717) is 31.1 Å². The lowest BCUT2D eigenvalue weighted by molar-refractivity contribution is 0.153. The number of nitrogens with zero attached hydrogens (tertiary/aromatic N) is 4. The summed E-state index contributed by atoms with van der Waals surface area (Å²) in [5.41, 5.74) is 3.00. The number of aromatic nitrogens is 2. The zero-order chi connectivity index (χ0) is 25.0. The first-order valence-electron chi connectivity index (χ1n) is 11.8. The molecular formula is C27H30FN5O2. The highest BCUT2D eigenvalue weighted by atomic mass is 19.1. The fourth-order valence-electron chi connectivity index (χ4n) is 4.50. The van der Waals surface area contributed by atoms with Crippen LogP contribution in [0.3, 0.4) is 0 Å². The summed E-state index contributed by atoms with van der Waals surface area (Å²) in [5, 5.41) is 2.90. The molecule has 2 aliphatic rings. The number of carbonyl (C=O) groups is 1. The fraction of sp³-hybridized carbons (Fsp3) is 0.296. The van der Waals surface area contributed by atoms with Gasteiger partial charge in [-0.2, -0.15) is 0 Å². The van der Waals surface area contributed by atoms with Crippen LogP contribution in [0.5, 0.6) is 5.75 Å². The molecule has 1 fully saturated rings. The number of amidine groups is 1. The van der Waals surface area contributed by atoms with Crippen molar-refractivity contribution in [2.24, 2.45) is 4.99 Å². The second-order valence-electron chi connectivity index (χ2n) is 8.22. The molecule has 2 aliphatic heterocycles. The number of methoxy groups -OCH3 is 1. The average Bonchev–Trinajstić information content (AvgIpc) is 3.49. The molecule has 7 nitrogen and oxygen atoms in total. The van der Waals surface area contributed by atoms with Gasteiger partial charge in [0.15, 0.2) is 0 Å². The fourth-order valence-corrected chi connectivity index (χ4v) is 4.50. The number of fused-ring (bicyclic) bond motifs is 1. The molecule has 0 bridgehead atoms. The monoisotopic (exact) mass is 475 g/mol. The normalized spacial score (nSPS) is 19.1. The van der Waals surface area contributed by atoms with Crippen LogP contribution in [0.2, 0.25) is 0 Å². The molecule has 1 saturated heterocycles. The Hall–Kier alpha value is -3.94. The maximum Gasteiger partial charge on any atom is 0.323 e. The number of amides is 2. The Balaban J connectivity index is 0.00000141. The standard InChI is InChI=1S/C25H24FN5O2.C2H6/c1-17-14-30(16-29-17)21-9-3-18(13-22(21)33-2)4-10-23-28-15-25(11-12-27-24(32)31(23)25)19-5-7-20(26)8-6-19;1-2/h3-10,13-14,16H,11-12,15H2,1-2H3,(H,27,32);1-2H3/b10-4+;. The zero-order valence-electron chi connectivity index (χ0n) is 20.5. The van der Waals surface area contributed by atoms with Gasteiger partial charge in [-0.15, -0.1) is 0 Å². The van der Waals surface area contributed by atoms with Crippen molar-refractivity contribution in [1.82, 2.24) is 19.8 Å². The Labute approximate surface area is 205 Å². The summed E-state index contributed by atoms with van der Waals surface area (Å²) in [5.74, 6) is 0.980. The number of ether oxygens (including phenoxy) is 1. The molecular weight excluding hydrogens is 445 g/mol. The van der Waals surface area contributed by atoms with Crippen molar-refractivity contribution in [2.45, 2.75) is 32.7 Å². The van der Waals surface area contributed by atoms with E-state index in [1.807, 2.05) is 61.9 Å². The van der Waals surface area contributed by atoms with Gasteiger partial charge in [0.1, 0.15) is 17.4 Å². The van der Waals surface area contributed by atoms with Crippen LogP contribution in [-0.2, 0) is 5.54 Å². The molecule has 35 heavy (non-hydrogen) atoms. The SMILES string of the molecule is CC.COc1cc(/C=C/C2=NCC3(c4ccc(F)cc4)CCNC(=O)N23)ccc1-n1cnc(C)c1. The molecule has 2 aromatic carbocycles. The van der Waals surface area contributed by atoms with Gasteiger partial charge < -0.3 is 14.6 Å². The topological polar surface area (TPSA) is 71.8 Å². The molecule has 0 radical (unpaired) electrons. The van der Waals surface area contributed by atoms with Crippen molar-refractivity contribution in [2.75, 3.05) is 20.2 Å². The van der Waals surface area contributed by atoms with E-state index in [1.54, 1.807) is 30.5 Å². The number of urea groups is 1. The third kappa shape index (κ3) is 4.56. The summed E-state index contributed by atoms with van der Waals surface area (Å²) in [7, 11) is 1.63. The predicted octanol–water partition coefficient (Wildman–Crippen LogP) is 5.09. The number of hydrogen-bond acceptors (Lipinski definition) is 4. The first kappa shape index (κ1) is 24.2. The van der Waals surface area contributed by atoms with Crippen LogP contribution in [0, 0.1) is 12.7 Å². The lowest BCUT2D eigenvalue weighted by Gasteiger charge is -2.42. The van der Waals surface area contributed by atoms with Gasteiger partial charge in [-0.25, -0.2) is 14.2 Å². The number of aryl methyl sites for hydroxylation is 1. The van der Waals surface area contributed by atoms with Crippen molar-refractivity contribution >= 4 is 17.9 Å². The molecule has 3 heterocycles. The molecule has 0 saturated carbocycles. The maximum atomic E-state index is 13.5. The summed E-state index contributed by atoms with van der Waals surface area (Å²) < 4.78 is 21.0. The van der Waals surface area contributed by atoms with Gasteiger partial charge in [-0.3, -0.25) is 9.89 Å². The highest BCUT2D eigenvalue weighted by molar-refractivity contribution is 6.08. The lowest BCUT2D eigenvalue weighted by atomic mass is 9.84. The Kier molecular flexibility index (Phi) is 7.00. The summed E-state index contributed by atoms with van der Waals surface area (Å²) >= 11 is 0. The Bertz CT molecular complexity index is 1260. The minimum absolute atomic E-state index is 0.199. The number of benzene rings is 2. The maximum absolute atomic E-state index is 13.5.